The zero-order valence-corrected chi connectivity index (χ0v) is 14.3. The number of carbonyl (C=O) groups is 1. The summed E-state index contributed by atoms with van der Waals surface area (Å²) in [5.41, 5.74) is 7.45. The van der Waals surface area contributed by atoms with Crippen LogP contribution in [0.4, 0.5) is 10.1 Å². The number of nitrogens with two attached hydrogens (primary N) is 1. The van der Waals surface area contributed by atoms with E-state index < -0.39 is 0 Å². The van der Waals surface area contributed by atoms with Crippen LogP contribution in [-0.4, -0.2) is 37.0 Å². The third-order valence-corrected chi connectivity index (χ3v) is 3.50. The molecule has 0 radical (unpaired) electrons. The monoisotopic (exact) mass is 351 g/mol. The number of benzene rings is 2. The zero-order valence-electron chi connectivity index (χ0n) is 13.5. The highest BCUT2D eigenvalue weighted by Gasteiger charge is 2.10. The van der Waals surface area contributed by atoms with Crippen molar-refractivity contribution in [3.63, 3.8) is 0 Å². The lowest BCUT2D eigenvalue weighted by molar-refractivity contribution is -0.117. The highest BCUT2D eigenvalue weighted by atomic mass is 35.5. The summed E-state index contributed by atoms with van der Waals surface area (Å²) in [7, 11) is 0. The number of rotatable bonds is 8. The summed E-state index contributed by atoms with van der Waals surface area (Å²) < 4.78 is 12.9. The smallest absolute Gasteiger partial charge is 0.238 e. The molecule has 0 saturated carbocycles. The van der Waals surface area contributed by atoms with Gasteiger partial charge in [-0.25, -0.2) is 4.39 Å². The number of carbonyl (C=O) groups excluding carboxylic acids is 1. The first kappa shape index (κ1) is 20.1. The van der Waals surface area contributed by atoms with Crippen molar-refractivity contribution in [2.45, 2.75) is 6.42 Å². The van der Waals surface area contributed by atoms with E-state index in [0.29, 0.717) is 18.8 Å². The van der Waals surface area contributed by atoms with E-state index in [1.165, 1.54) is 17.7 Å². The molecule has 0 aliphatic carbocycles. The Morgan fingerprint density at radius 2 is 1.71 bits per heavy atom. The number of anilines is 1. The molecule has 0 aromatic heterocycles. The number of amides is 1. The molecule has 0 bridgehead atoms. The van der Waals surface area contributed by atoms with Crippen molar-refractivity contribution in [1.82, 2.24) is 4.90 Å². The van der Waals surface area contributed by atoms with Crippen LogP contribution in [0.3, 0.4) is 0 Å². The second-order valence-corrected chi connectivity index (χ2v) is 5.36. The van der Waals surface area contributed by atoms with E-state index in [1.807, 2.05) is 23.1 Å². The summed E-state index contributed by atoms with van der Waals surface area (Å²) >= 11 is 0. The van der Waals surface area contributed by atoms with Crippen LogP contribution in [0.15, 0.2) is 54.6 Å². The molecule has 24 heavy (non-hydrogen) atoms. The lowest BCUT2D eigenvalue weighted by Gasteiger charge is -2.21. The first-order valence-electron chi connectivity index (χ1n) is 7.69. The van der Waals surface area contributed by atoms with E-state index in [4.69, 9.17) is 5.73 Å². The van der Waals surface area contributed by atoms with Crippen molar-refractivity contribution in [2.75, 3.05) is 31.5 Å². The third-order valence-electron chi connectivity index (χ3n) is 3.50. The van der Waals surface area contributed by atoms with Crippen LogP contribution in [0.2, 0.25) is 0 Å². The second-order valence-electron chi connectivity index (χ2n) is 5.36. The number of nitrogens with one attached hydrogen (secondary N) is 1. The molecular weight excluding hydrogens is 329 g/mol. The van der Waals surface area contributed by atoms with Crippen LogP contribution in [-0.2, 0) is 11.2 Å². The van der Waals surface area contributed by atoms with Crippen molar-refractivity contribution in [3.8, 4) is 0 Å². The van der Waals surface area contributed by atoms with Crippen molar-refractivity contribution in [2.24, 2.45) is 5.73 Å². The van der Waals surface area contributed by atoms with Gasteiger partial charge < -0.3 is 11.1 Å². The first-order valence-corrected chi connectivity index (χ1v) is 7.69. The van der Waals surface area contributed by atoms with Gasteiger partial charge in [0.05, 0.1) is 6.54 Å². The molecule has 0 aliphatic heterocycles. The molecule has 0 atom stereocenters. The highest BCUT2D eigenvalue weighted by Crippen LogP contribution is 2.08. The van der Waals surface area contributed by atoms with Gasteiger partial charge in [-0.15, -0.1) is 12.4 Å². The molecule has 4 nitrogen and oxygen atoms in total. The van der Waals surface area contributed by atoms with Gasteiger partial charge in [0.2, 0.25) is 5.91 Å². The van der Waals surface area contributed by atoms with Gasteiger partial charge in [0.25, 0.3) is 0 Å². The number of hydrogen-bond donors (Lipinski definition) is 2. The van der Waals surface area contributed by atoms with Crippen molar-refractivity contribution in [3.05, 3.63) is 66.0 Å². The molecule has 0 heterocycles. The second kappa shape index (κ2) is 10.8. The lowest BCUT2D eigenvalue weighted by atomic mass is 10.1. The largest absolute Gasteiger partial charge is 0.329 e. The maximum atomic E-state index is 12.9. The number of hydrogen-bond acceptors (Lipinski definition) is 3. The predicted octanol–water partition coefficient (Wildman–Crippen LogP) is 2.69. The van der Waals surface area contributed by atoms with Gasteiger partial charge in [-0.2, -0.15) is 0 Å². The van der Waals surface area contributed by atoms with Crippen molar-refractivity contribution >= 4 is 24.0 Å². The molecule has 3 N–H and O–H groups in total. The van der Waals surface area contributed by atoms with Gasteiger partial charge in [-0.3, -0.25) is 9.69 Å². The summed E-state index contributed by atoms with van der Waals surface area (Å²) in [5.74, 6) is -0.450. The zero-order chi connectivity index (χ0) is 16.5. The van der Waals surface area contributed by atoms with Gasteiger partial charge in [-0.05, 0) is 36.2 Å². The Morgan fingerprint density at radius 3 is 2.33 bits per heavy atom. The number of nitrogens with zero attached hydrogens (tertiary/aromatic N) is 1. The van der Waals surface area contributed by atoms with E-state index in [1.54, 1.807) is 12.1 Å². The Labute approximate surface area is 148 Å². The quantitative estimate of drug-likeness (QED) is 0.768. The summed E-state index contributed by atoms with van der Waals surface area (Å²) in [5, 5.41) is 2.77. The Balaban J connectivity index is 0.00000288. The topological polar surface area (TPSA) is 58.4 Å². The van der Waals surface area contributed by atoms with Crippen LogP contribution in [0.5, 0.6) is 0 Å². The van der Waals surface area contributed by atoms with Gasteiger partial charge in [-0.1, -0.05) is 30.3 Å². The molecule has 1 amide bonds. The molecule has 6 heteroatoms. The average Bonchev–Trinajstić information content (AvgIpc) is 2.56. The molecule has 0 saturated heterocycles. The van der Waals surface area contributed by atoms with Crippen LogP contribution < -0.4 is 11.1 Å². The SMILES string of the molecule is Cl.NCCN(CCc1ccccc1)CC(=O)Nc1ccc(F)cc1. The van der Waals surface area contributed by atoms with Crippen LogP contribution in [0.25, 0.3) is 0 Å². The average molecular weight is 352 g/mol. The minimum Gasteiger partial charge on any atom is -0.329 e. The van der Waals surface area contributed by atoms with Crippen LogP contribution >= 0.6 is 12.4 Å². The maximum Gasteiger partial charge on any atom is 0.238 e. The molecular formula is C18H23ClFN3O. The molecule has 0 spiro atoms. The molecule has 2 rings (SSSR count). The minimum absolute atomic E-state index is 0. The molecule has 2 aromatic rings. The number of halogens is 2. The molecule has 0 unspecified atom stereocenters. The predicted molar refractivity (Wildman–Crippen MR) is 97.9 cm³/mol. The summed E-state index contributed by atoms with van der Waals surface area (Å²) in [6, 6.07) is 15.9. The highest BCUT2D eigenvalue weighted by molar-refractivity contribution is 5.92. The summed E-state index contributed by atoms with van der Waals surface area (Å²) in [6.07, 6.45) is 0.866. The van der Waals surface area contributed by atoms with E-state index in [9.17, 15) is 9.18 Å². The summed E-state index contributed by atoms with van der Waals surface area (Å²) in [6.45, 7) is 2.18. The molecule has 0 fully saturated rings. The van der Waals surface area contributed by atoms with E-state index in [2.05, 4.69) is 17.4 Å². The fourth-order valence-corrected chi connectivity index (χ4v) is 2.32. The van der Waals surface area contributed by atoms with E-state index >= 15 is 0 Å². The van der Waals surface area contributed by atoms with E-state index in [0.717, 1.165) is 13.0 Å². The van der Waals surface area contributed by atoms with Gasteiger partial charge in [0.15, 0.2) is 0 Å². The third kappa shape index (κ3) is 7.08. The van der Waals surface area contributed by atoms with Crippen LogP contribution in [0, 0.1) is 5.82 Å². The van der Waals surface area contributed by atoms with Gasteiger partial charge >= 0.3 is 0 Å². The van der Waals surface area contributed by atoms with E-state index in [-0.39, 0.29) is 30.7 Å². The molecule has 0 aliphatic rings. The van der Waals surface area contributed by atoms with Gasteiger partial charge in [0, 0.05) is 25.3 Å². The lowest BCUT2D eigenvalue weighted by Crippen LogP contribution is -2.37. The Kier molecular flexibility index (Phi) is 9.01. The maximum absolute atomic E-state index is 12.9. The normalized spacial score (nSPS) is 10.3. The van der Waals surface area contributed by atoms with Crippen LogP contribution in [0.1, 0.15) is 5.56 Å². The molecule has 2 aromatic carbocycles. The molecule has 130 valence electrons. The fraction of sp³-hybridized carbons (Fsp3) is 0.278. The minimum atomic E-state index is -0.324. The Bertz CT molecular complexity index is 607. The Morgan fingerprint density at radius 1 is 1.04 bits per heavy atom. The summed E-state index contributed by atoms with van der Waals surface area (Å²) in [4.78, 5) is 14.1. The fourth-order valence-electron chi connectivity index (χ4n) is 2.32. The Hall–Kier alpha value is -1.95. The standard InChI is InChI=1S/C18H22FN3O.ClH/c19-16-6-8-17(9-7-16)21-18(23)14-22(13-11-20)12-10-15-4-2-1-3-5-15;/h1-9H,10-14,20H2,(H,21,23);1H. The van der Waals surface area contributed by atoms with Gasteiger partial charge in [0.1, 0.15) is 5.82 Å². The van der Waals surface area contributed by atoms with Crippen molar-refractivity contribution in [1.29, 1.82) is 0 Å². The van der Waals surface area contributed by atoms with Crippen molar-refractivity contribution < 1.29 is 9.18 Å². The first-order chi connectivity index (χ1) is 11.2.